The van der Waals surface area contributed by atoms with Crippen LogP contribution in [0.25, 0.3) is 0 Å². The predicted molar refractivity (Wildman–Crippen MR) is 76.4 cm³/mol. The highest BCUT2D eigenvalue weighted by Gasteiger charge is 2.42. The molecule has 3 fully saturated rings. The number of thioether (sulfide) groups is 2. The summed E-state index contributed by atoms with van der Waals surface area (Å²) < 4.78 is 0. The molecular weight excluding hydrogens is 232 g/mol. The fourth-order valence-electron chi connectivity index (χ4n) is 3.65. The first kappa shape index (κ1) is 11.8. The lowest BCUT2D eigenvalue weighted by Crippen LogP contribution is -2.42. The van der Waals surface area contributed by atoms with Gasteiger partial charge in [-0.15, -0.1) is 0 Å². The highest BCUT2D eigenvalue weighted by Crippen LogP contribution is 2.52. The zero-order valence-electron chi connectivity index (χ0n) is 10.5. The first-order chi connectivity index (χ1) is 7.72. The molecule has 2 aliphatic carbocycles. The molecule has 1 aliphatic heterocycles. The van der Waals surface area contributed by atoms with Gasteiger partial charge in [0.25, 0.3) is 0 Å². The Kier molecular flexibility index (Phi) is 3.50. The predicted octanol–water partition coefficient (Wildman–Crippen LogP) is 4.58. The van der Waals surface area contributed by atoms with Crippen molar-refractivity contribution in [2.75, 3.05) is 0 Å². The van der Waals surface area contributed by atoms with Gasteiger partial charge in [0.15, 0.2) is 0 Å². The minimum absolute atomic E-state index is 0.994. The smallest absolute Gasteiger partial charge is 0.0172 e. The maximum Gasteiger partial charge on any atom is 0.0172 e. The molecule has 92 valence electrons. The van der Waals surface area contributed by atoms with Crippen molar-refractivity contribution < 1.29 is 0 Å². The minimum atomic E-state index is 0.994. The zero-order chi connectivity index (χ0) is 11.1. The Balaban J connectivity index is 1.66. The molecule has 6 unspecified atom stereocenters. The number of hydrogen-bond donors (Lipinski definition) is 0. The summed E-state index contributed by atoms with van der Waals surface area (Å²) in [5.74, 6) is 1.99. The van der Waals surface area contributed by atoms with Crippen LogP contribution in [0.4, 0.5) is 0 Å². The van der Waals surface area contributed by atoms with Crippen molar-refractivity contribution >= 4 is 23.5 Å². The molecule has 2 saturated carbocycles. The van der Waals surface area contributed by atoms with Crippen molar-refractivity contribution in [3.05, 3.63) is 0 Å². The minimum Gasteiger partial charge on any atom is -0.153 e. The second kappa shape index (κ2) is 4.76. The van der Waals surface area contributed by atoms with Crippen LogP contribution in [0.5, 0.6) is 0 Å². The van der Waals surface area contributed by atoms with E-state index in [2.05, 4.69) is 37.4 Å². The molecule has 0 N–H and O–H groups in total. The summed E-state index contributed by atoms with van der Waals surface area (Å²) in [7, 11) is 0. The van der Waals surface area contributed by atoms with E-state index in [0.717, 1.165) is 32.8 Å². The van der Waals surface area contributed by atoms with Crippen molar-refractivity contribution in [1.29, 1.82) is 0 Å². The molecule has 0 nitrogen and oxygen atoms in total. The molecule has 0 aromatic heterocycles. The normalized spacial score (nSPS) is 52.9. The lowest BCUT2D eigenvalue weighted by atomic mass is 9.89. The van der Waals surface area contributed by atoms with E-state index >= 15 is 0 Å². The van der Waals surface area contributed by atoms with E-state index in [-0.39, 0.29) is 0 Å². The van der Waals surface area contributed by atoms with Crippen molar-refractivity contribution in [2.24, 2.45) is 11.8 Å². The highest BCUT2D eigenvalue weighted by molar-refractivity contribution is 8.07. The Morgan fingerprint density at radius 1 is 0.625 bits per heavy atom. The van der Waals surface area contributed by atoms with Gasteiger partial charge in [0, 0.05) is 21.0 Å². The molecule has 2 heteroatoms. The van der Waals surface area contributed by atoms with E-state index in [1.165, 1.54) is 38.5 Å². The molecule has 0 aromatic carbocycles. The van der Waals surface area contributed by atoms with Gasteiger partial charge in [0.2, 0.25) is 0 Å². The van der Waals surface area contributed by atoms with E-state index in [1.807, 2.05) is 0 Å². The summed E-state index contributed by atoms with van der Waals surface area (Å²) in [5, 5.41) is 4.02. The van der Waals surface area contributed by atoms with Crippen LogP contribution in [-0.4, -0.2) is 21.0 Å². The van der Waals surface area contributed by atoms with Gasteiger partial charge >= 0.3 is 0 Å². The van der Waals surface area contributed by atoms with Crippen molar-refractivity contribution in [3.63, 3.8) is 0 Å². The first-order valence-corrected chi connectivity index (χ1v) is 8.92. The van der Waals surface area contributed by atoms with Crippen LogP contribution in [0.1, 0.15) is 52.4 Å². The summed E-state index contributed by atoms with van der Waals surface area (Å²) >= 11 is 4.77. The standard InChI is InChI=1S/C14H24S2/c1-9-3-5-11-13(7-9)15-12-6-4-10(2)8-14(12)16-11/h9-14H,3-8H2,1-2H3. The molecule has 0 amide bonds. The Bertz CT molecular complexity index is 227. The molecule has 0 aromatic rings. The van der Waals surface area contributed by atoms with Crippen molar-refractivity contribution in [3.8, 4) is 0 Å². The molecular formula is C14H24S2. The Morgan fingerprint density at radius 3 is 1.50 bits per heavy atom. The summed E-state index contributed by atoms with van der Waals surface area (Å²) in [4.78, 5) is 0. The lowest BCUT2D eigenvalue weighted by molar-refractivity contribution is 0.374. The van der Waals surface area contributed by atoms with Gasteiger partial charge in [-0.1, -0.05) is 13.8 Å². The second-order valence-corrected chi connectivity index (χ2v) is 9.23. The second-order valence-electron chi connectivity index (χ2n) is 6.26. The highest BCUT2D eigenvalue weighted by atomic mass is 32.2. The van der Waals surface area contributed by atoms with Crippen LogP contribution >= 0.6 is 23.5 Å². The SMILES string of the molecule is CC1CCC2SC3CC(C)CCC3SC2C1. The maximum atomic E-state index is 2.45. The maximum absolute atomic E-state index is 2.45. The Morgan fingerprint density at radius 2 is 1.06 bits per heavy atom. The molecule has 3 aliphatic rings. The number of fused-ring (bicyclic) bond motifs is 2. The van der Waals surface area contributed by atoms with E-state index in [0.29, 0.717) is 0 Å². The monoisotopic (exact) mass is 256 g/mol. The van der Waals surface area contributed by atoms with Crippen molar-refractivity contribution in [1.82, 2.24) is 0 Å². The third-order valence-corrected chi connectivity index (χ3v) is 8.60. The Hall–Kier alpha value is 0.700. The van der Waals surface area contributed by atoms with Crippen LogP contribution in [0.2, 0.25) is 0 Å². The average molecular weight is 256 g/mol. The molecule has 1 saturated heterocycles. The average Bonchev–Trinajstić information content (AvgIpc) is 2.26. The van der Waals surface area contributed by atoms with Gasteiger partial charge in [0.05, 0.1) is 0 Å². The van der Waals surface area contributed by atoms with E-state index in [1.54, 1.807) is 0 Å². The van der Waals surface area contributed by atoms with Gasteiger partial charge in [-0.05, 0) is 50.4 Å². The third-order valence-electron chi connectivity index (χ3n) is 4.69. The van der Waals surface area contributed by atoms with Crippen LogP contribution in [0, 0.1) is 11.8 Å². The van der Waals surface area contributed by atoms with Crippen molar-refractivity contribution in [2.45, 2.75) is 73.4 Å². The van der Waals surface area contributed by atoms with Gasteiger partial charge < -0.3 is 0 Å². The first-order valence-electron chi connectivity index (χ1n) is 7.03. The molecule has 3 rings (SSSR count). The van der Waals surface area contributed by atoms with Gasteiger partial charge in [0.1, 0.15) is 0 Å². The van der Waals surface area contributed by atoms with E-state index in [4.69, 9.17) is 0 Å². The van der Waals surface area contributed by atoms with Crippen LogP contribution < -0.4 is 0 Å². The number of hydrogen-bond acceptors (Lipinski definition) is 2. The van der Waals surface area contributed by atoms with Crippen LogP contribution in [0.3, 0.4) is 0 Å². The lowest BCUT2D eigenvalue weighted by Gasteiger charge is -2.47. The van der Waals surface area contributed by atoms with Gasteiger partial charge in [-0.3, -0.25) is 0 Å². The molecule has 1 heterocycles. The molecule has 0 spiro atoms. The van der Waals surface area contributed by atoms with E-state index < -0.39 is 0 Å². The molecule has 0 bridgehead atoms. The van der Waals surface area contributed by atoms with E-state index in [9.17, 15) is 0 Å². The third kappa shape index (κ3) is 2.29. The summed E-state index contributed by atoms with van der Waals surface area (Å²) in [6.07, 6.45) is 8.98. The summed E-state index contributed by atoms with van der Waals surface area (Å²) in [6.45, 7) is 4.91. The zero-order valence-corrected chi connectivity index (χ0v) is 12.2. The quantitative estimate of drug-likeness (QED) is 0.622. The molecule has 0 radical (unpaired) electrons. The topological polar surface area (TPSA) is 0 Å². The summed E-state index contributed by atoms with van der Waals surface area (Å²) in [6, 6.07) is 0. The molecule has 16 heavy (non-hydrogen) atoms. The van der Waals surface area contributed by atoms with Gasteiger partial charge in [-0.2, -0.15) is 23.5 Å². The Labute approximate surface area is 109 Å². The van der Waals surface area contributed by atoms with Crippen LogP contribution in [0.15, 0.2) is 0 Å². The largest absolute Gasteiger partial charge is 0.153 e. The molecule has 6 atom stereocenters. The fraction of sp³-hybridized carbons (Fsp3) is 1.00. The van der Waals surface area contributed by atoms with Crippen LogP contribution in [-0.2, 0) is 0 Å². The van der Waals surface area contributed by atoms with Gasteiger partial charge in [-0.25, -0.2) is 0 Å². The fourth-order valence-corrected chi connectivity index (χ4v) is 7.94. The summed E-state index contributed by atoms with van der Waals surface area (Å²) in [5.41, 5.74) is 0. The number of rotatable bonds is 0.